The van der Waals surface area contributed by atoms with Crippen LogP contribution in [0.3, 0.4) is 0 Å². The van der Waals surface area contributed by atoms with E-state index < -0.39 is 0 Å². The molecule has 0 radical (unpaired) electrons. The zero-order chi connectivity index (χ0) is 20.9. The first-order valence-electron chi connectivity index (χ1n) is 11.4. The first-order chi connectivity index (χ1) is 13.5. The third kappa shape index (κ3) is 7.68. The minimum absolute atomic E-state index is 0.0332. The predicted octanol–water partition coefficient (Wildman–Crippen LogP) is 4.55. The fraction of sp³-hybridized carbons (Fsp3) is 0.833. The van der Waals surface area contributed by atoms with Crippen LogP contribution in [0, 0.1) is 10.8 Å². The van der Waals surface area contributed by atoms with Gasteiger partial charge in [0.25, 0.3) is 0 Å². The maximum Gasteiger partial charge on any atom is 0.120 e. The summed E-state index contributed by atoms with van der Waals surface area (Å²) in [4.78, 5) is 27.3. The highest BCUT2D eigenvalue weighted by molar-refractivity contribution is 5.47. The van der Waals surface area contributed by atoms with Crippen LogP contribution in [-0.2, 0) is 9.59 Å². The first-order valence-corrected chi connectivity index (χ1v) is 11.4. The van der Waals surface area contributed by atoms with E-state index in [1.807, 2.05) is 0 Å². The highest BCUT2D eigenvalue weighted by atomic mass is 16.1. The van der Waals surface area contributed by atoms with Gasteiger partial charge < -0.3 is 0 Å². The van der Waals surface area contributed by atoms with Gasteiger partial charge in [0.2, 0.25) is 0 Å². The molecule has 1 fully saturated rings. The van der Waals surface area contributed by atoms with Crippen LogP contribution in [0.1, 0.15) is 79.1 Å². The van der Waals surface area contributed by atoms with Gasteiger partial charge >= 0.3 is 0 Å². The predicted molar refractivity (Wildman–Crippen MR) is 118 cm³/mol. The normalized spacial score (nSPS) is 19.9. The molecule has 1 saturated heterocycles. The molecular formula is C24H42N2O2. The van der Waals surface area contributed by atoms with Crippen molar-refractivity contribution in [2.75, 3.05) is 39.3 Å². The second-order valence-electron chi connectivity index (χ2n) is 8.72. The highest BCUT2D eigenvalue weighted by Gasteiger charge is 2.32. The van der Waals surface area contributed by atoms with Gasteiger partial charge in [0.05, 0.1) is 0 Å². The molecule has 0 amide bonds. The van der Waals surface area contributed by atoms with Crippen molar-refractivity contribution in [3.63, 3.8) is 0 Å². The largest absolute Gasteiger partial charge is 0.300 e. The van der Waals surface area contributed by atoms with E-state index in [2.05, 4.69) is 49.4 Å². The lowest BCUT2D eigenvalue weighted by atomic mass is 9.79. The fourth-order valence-electron chi connectivity index (χ4n) is 4.48. The van der Waals surface area contributed by atoms with Gasteiger partial charge in [0, 0.05) is 62.3 Å². The Morgan fingerprint density at radius 1 is 0.714 bits per heavy atom. The average molecular weight is 391 g/mol. The number of unbranched alkanes of at least 4 members (excludes halogenated alkanes) is 2. The highest BCUT2D eigenvalue weighted by Crippen LogP contribution is 2.33. The molecule has 0 spiro atoms. The van der Waals surface area contributed by atoms with Crippen molar-refractivity contribution < 1.29 is 9.59 Å². The number of rotatable bonds is 14. The summed E-state index contributed by atoms with van der Waals surface area (Å²) in [5.74, 6) is 4.17. The third-order valence-corrected chi connectivity index (χ3v) is 6.74. The Kier molecular flexibility index (Phi) is 11.6. The Morgan fingerprint density at radius 2 is 1.07 bits per heavy atom. The van der Waals surface area contributed by atoms with E-state index in [0.717, 1.165) is 90.6 Å². The Hall–Kier alpha value is -1.18. The Labute approximate surface area is 173 Å². The molecule has 1 aliphatic rings. The van der Waals surface area contributed by atoms with E-state index in [4.69, 9.17) is 0 Å². The standard InChI is InChI=1S/C24H42N2O2/c1-5-9-11-23(7-3,13-19-27)21-25-15-17-26(18-16-25)22-24(8-4,14-20-28)12-10-6-2/h13-14H,5-12,15-18,21-22H2,1-4H3. The van der Waals surface area contributed by atoms with E-state index in [1.54, 1.807) is 12.2 Å². The zero-order valence-corrected chi connectivity index (χ0v) is 18.8. The summed E-state index contributed by atoms with van der Waals surface area (Å²) in [7, 11) is 0. The summed E-state index contributed by atoms with van der Waals surface area (Å²) in [6, 6.07) is 0. The van der Waals surface area contributed by atoms with Crippen molar-refractivity contribution in [3.8, 4) is 0 Å². The summed E-state index contributed by atoms with van der Waals surface area (Å²) < 4.78 is 0. The fourth-order valence-corrected chi connectivity index (χ4v) is 4.48. The Bertz CT molecular complexity index is 481. The molecule has 0 aliphatic carbocycles. The summed E-state index contributed by atoms with van der Waals surface area (Å²) in [6.45, 7) is 14.8. The van der Waals surface area contributed by atoms with Crippen molar-refractivity contribution in [1.82, 2.24) is 9.80 Å². The van der Waals surface area contributed by atoms with Crippen LogP contribution < -0.4 is 0 Å². The lowest BCUT2D eigenvalue weighted by Gasteiger charge is -2.42. The number of nitrogens with zero attached hydrogens (tertiary/aromatic N) is 2. The molecule has 1 rings (SSSR count). The van der Waals surface area contributed by atoms with E-state index in [-0.39, 0.29) is 10.8 Å². The summed E-state index contributed by atoms with van der Waals surface area (Å²) >= 11 is 0. The molecule has 28 heavy (non-hydrogen) atoms. The monoisotopic (exact) mass is 390 g/mol. The smallest absolute Gasteiger partial charge is 0.120 e. The molecule has 0 aromatic heterocycles. The van der Waals surface area contributed by atoms with Crippen molar-refractivity contribution in [2.24, 2.45) is 10.8 Å². The van der Waals surface area contributed by atoms with Crippen LogP contribution in [0.5, 0.6) is 0 Å². The summed E-state index contributed by atoms with van der Waals surface area (Å²) in [5.41, 5.74) is -0.0665. The molecule has 4 nitrogen and oxygen atoms in total. The van der Waals surface area contributed by atoms with Crippen LogP contribution in [-0.4, -0.2) is 61.0 Å². The Morgan fingerprint density at radius 3 is 1.32 bits per heavy atom. The molecule has 160 valence electrons. The van der Waals surface area contributed by atoms with Crippen molar-refractivity contribution in [1.29, 1.82) is 0 Å². The molecule has 0 N–H and O–H groups in total. The molecule has 0 aromatic carbocycles. The van der Waals surface area contributed by atoms with Crippen LogP contribution in [0.25, 0.3) is 0 Å². The SMILES string of the molecule is CCCCC(C=C=O)(CC)CN1CCN(CC(C=C=O)(CC)CCCC)CC1. The van der Waals surface area contributed by atoms with Crippen LogP contribution >= 0.6 is 0 Å². The van der Waals surface area contributed by atoms with Crippen LogP contribution in [0.15, 0.2) is 12.2 Å². The van der Waals surface area contributed by atoms with Crippen molar-refractivity contribution in [3.05, 3.63) is 12.2 Å². The molecule has 2 atom stereocenters. The quantitative estimate of drug-likeness (QED) is 0.408. The Balaban J connectivity index is 2.69. The summed E-state index contributed by atoms with van der Waals surface area (Å²) in [6.07, 6.45) is 12.3. The molecule has 0 aromatic rings. The van der Waals surface area contributed by atoms with Gasteiger partial charge in [-0.15, -0.1) is 0 Å². The number of piperazine rings is 1. The maximum absolute atomic E-state index is 11.1. The molecule has 0 bridgehead atoms. The zero-order valence-electron chi connectivity index (χ0n) is 18.8. The molecule has 0 saturated carbocycles. The first kappa shape index (κ1) is 24.9. The minimum Gasteiger partial charge on any atom is -0.300 e. The van der Waals surface area contributed by atoms with Gasteiger partial charge in [-0.05, 0) is 25.7 Å². The molecule has 1 aliphatic heterocycles. The molecular weight excluding hydrogens is 348 g/mol. The van der Waals surface area contributed by atoms with Crippen LogP contribution in [0.2, 0.25) is 0 Å². The number of hydrogen-bond acceptors (Lipinski definition) is 4. The number of carbonyl (C=O) groups excluding carboxylic acids is 2. The molecule has 4 heteroatoms. The van der Waals surface area contributed by atoms with Crippen molar-refractivity contribution in [2.45, 2.75) is 79.1 Å². The lowest BCUT2D eigenvalue weighted by Crippen LogP contribution is -2.51. The third-order valence-electron chi connectivity index (χ3n) is 6.74. The van der Waals surface area contributed by atoms with E-state index in [0.29, 0.717) is 0 Å². The van der Waals surface area contributed by atoms with Gasteiger partial charge in [-0.2, -0.15) is 0 Å². The number of hydrogen-bond donors (Lipinski definition) is 0. The second kappa shape index (κ2) is 13.1. The van der Waals surface area contributed by atoms with Gasteiger partial charge in [-0.3, -0.25) is 9.80 Å². The van der Waals surface area contributed by atoms with Gasteiger partial charge in [-0.25, -0.2) is 9.59 Å². The van der Waals surface area contributed by atoms with E-state index in [9.17, 15) is 9.59 Å². The summed E-state index contributed by atoms with van der Waals surface area (Å²) in [5, 5.41) is 0. The topological polar surface area (TPSA) is 40.6 Å². The molecule has 2 unspecified atom stereocenters. The van der Waals surface area contributed by atoms with Crippen LogP contribution in [0.4, 0.5) is 0 Å². The van der Waals surface area contributed by atoms with E-state index in [1.165, 1.54) is 0 Å². The van der Waals surface area contributed by atoms with Gasteiger partial charge in [0.1, 0.15) is 11.9 Å². The van der Waals surface area contributed by atoms with Gasteiger partial charge in [-0.1, -0.05) is 53.4 Å². The lowest BCUT2D eigenvalue weighted by molar-refractivity contribution is 0.0719. The van der Waals surface area contributed by atoms with Crippen molar-refractivity contribution >= 4 is 11.9 Å². The second-order valence-corrected chi connectivity index (χ2v) is 8.72. The molecule has 1 heterocycles. The average Bonchev–Trinajstić information content (AvgIpc) is 2.72. The minimum atomic E-state index is -0.0332. The van der Waals surface area contributed by atoms with Gasteiger partial charge in [0.15, 0.2) is 0 Å². The van der Waals surface area contributed by atoms with E-state index >= 15 is 0 Å². The maximum atomic E-state index is 11.1.